The van der Waals surface area contributed by atoms with Gasteiger partial charge in [0.15, 0.2) is 0 Å². The molecule has 2 aromatic rings. The molecule has 0 unspecified atom stereocenters. The van der Waals surface area contributed by atoms with Crippen LogP contribution >= 0.6 is 0 Å². The molecule has 1 N–H and O–H groups in total. The molecule has 2 heterocycles. The zero-order chi connectivity index (χ0) is 19.1. The molecular weight excluding hydrogens is 364 g/mol. The summed E-state index contributed by atoms with van der Waals surface area (Å²) in [6.07, 6.45) is 6.35. The first kappa shape index (κ1) is 19.4. The lowest BCUT2D eigenvalue weighted by Gasteiger charge is -2.31. The topological polar surface area (TPSA) is 92.3 Å². The summed E-state index contributed by atoms with van der Waals surface area (Å²) in [7, 11) is -3.25. The number of aromatic nitrogens is 2. The van der Waals surface area contributed by atoms with Crippen molar-refractivity contribution in [3.8, 4) is 0 Å². The third-order valence-corrected chi connectivity index (χ3v) is 6.70. The number of nitrogens with zero attached hydrogens (tertiary/aromatic N) is 3. The molecule has 3 rings (SSSR count). The Morgan fingerprint density at radius 3 is 2.44 bits per heavy atom. The van der Waals surface area contributed by atoms with Crippen LogP contribution in [-0.2, 0) is 16.4 Å². The highest BCUT2D eigenvalue weighted by atomic mass is 32.2. The van der Waals surface area contributed by atoms with E-state index in [4.69, 9.17) is 0 Å². The molecule has 0 spiro atoms. The minimum Gasteiger partial charge on any atom is -0.352 e. The van der Waals surface area contributed by atoms with Gasteiger partial charge in [0.05, 0.1) is 11.3 Å². The van der Waals surface area contributed by atoms with E-state index in [1.807, 2.05) is 30.3 Å². The first-order valence-electron chi connectivity index (χ1n) is 9.09. The third-order valence-electron chi connectivity index (χ3n) is 4.83. The third kappa shape index (κ3) is 5.58. The highest BCUT2D eigenvalue weighted by molar-refractivity contribution is 7.89. The van der Waals surface area contributed by atoms with Crippen LogP contribution in [0.1, 0.15) is 28.8 Å². The van der Waals surface area contributed by atoms with Crippen molar-refractivity contribution in [3.63, 3.8) is 0 Å². The summed E-state index contributed by atoms with van der Waals surface area (Å²) in [5.74, 6) is 0.208. The predicted molar refractivity (Wildman–Crippen MR) is 103 cm³/mol. The molecule has 8 heteroatoms. The van der Waals surface area contributed by atoms with Gasteiger partial charge in [0.1, 0.15) is 6.33 Å². The number of carbonyl (C=O) groups is 1. The first-order chi connectivity index (χ1) is 13.0. The summed E-state index contributed by atoms with van der Waals surface area (Å²) >= 11 is 0. The molecule has 1 aromatic heterocycles. The lowest BCUT2D eigenvalue weighted by atomic mass is 9.98. The second kappa shape index (κ2) is 9.05. The molecule has 0 radical (unpaired) electrons. The second-order valence-electron chi connectivity index (χ2n) is 6.73. The molecule has 0 aliphatic carbocycles. The number of piperidine rings is 1. The second-order valence-corrected chi connectivity index (χ2v) is 8.82. The molecule has 1 aromatic carbocycles. The van der Waals surface area contributed by atoms with Crippen LogP contribution in [0.3, 0.4) is 0 Å². The van der Waals surface area contributed by atoms with Gasteiger partial charge in [-0.1, -0.05) is 30.3 Å². The Hall–Kier alpha value is -2.32. The van der Waals surface area contributed by atoms with Crippen LogP contribution in [-0.4, -0.2) is 54.0 Å². The van der Waals surface area contributed by atoms with Gasteiger partial charge in [0.25, 0.3) is 5.91 Å². The molecule has 1 fully saturated rings. The fourth-order valence-corrected chi connectivity index (χ4v) is 4.69. The van der Waals surface area contributed by atoms with E-state index >= 15 is 0 Å². The van der Waals surface area contributed by atoms with E-state index in [2.05, 4.69) is 15.3 Å². The quantitative estimate of drug-likeness (QED) is 0.776. The lowest BCUT2D eigenvalue weighted by molar-refractivity contribution is 0.0940. The molecule has 0 saturated carbocycles. The summed E-state index contributed by atoms with van der Waals surface area (Å²) in [6.45, 7) is 1.55. The van der Waals surface area contributed by atoms with Crippen molar-refractivity contribution < 1.29 is 13.2 Å². The van der Waals surface area contributed by atoms with Gasteiger partial charge >= 0.3 is 0 Å². The minimum atomic E-state index is -3.25. The van der Waals surface area contributed by atoms with E-state index < -0.39 is 10.0 Å². The number of hydrogen-bond donors (Lipinski definition) is 1. The fraction of sp³-hybridized carbons (Fsp3) is 0.421. The molecule has 27 heavy (non-hydrogen) atoms. The van der Waals surface area contributed by atoms with Crippen molar-refractivity contribution in [1.29, 1.82) is 0 Å². The standard InChI is InChI=1S/C19H24N4O3S/c24-19(18-13-20-15-21-14-18)22-12-17-6-9-23(10-7-17)27(25,26)11-8-16-4-2-1-3-5-16/h1-5,13-15,17H,6-12H2,(H,22,24). The van der Waals surface area contributed by atoms with Crippen molar-refractivity contribution in [1.82, 2.24) is 19.6 Å². The highest BCUT2D eigenvalue weighted by Crippen LogP contribution is 2.20. The summed E-state index contributed by atoms with van der Waals surface area (Å²) in [5.41, 5.74) is 1.46. The maximum absolute atomic E-state index is 12.6. The maximum atomic E-state index is 12.6. The van der Waals surface area contributed by atoms with E-state index in [0.29, 0.717) is 31.6 Å². The minimum absolute atomic E-state index is 0.131. The summed E-state index contributed by atoms with van der Waals surface area (Å²) in [4.78, 5) is 19.7. The van der Waals surface area contributed by atoms with Crippen molar-refractivity contribution in [3.05, 3.63) is 60.2 Å². The Bertz CT molecular complexity index is 836. The Morgan fingerprint density at radius 1 is 1.11 bits per heavy atom. The summed E-state index contributed by atoms with van der Waals surface area (Å²) in [5, 5.41) is 2.88. The lowest BCUT2D eigenvalue weighted by Crippen LogP contribution is -2.42. The van der Waals surface area contributed by atoms with Gasteiger partial charge in [-0.15, -0.1) is 0 Å². The van der Waals surface area contributed by atoms with Gasteiger partial charge in [0.2, 0.25) is 10.0 Å². The van der Waals surface area contributed by atoms with Gasteiger partial charge in [-0.2, -0.15) is 0 Å². The number of amides is 1. The smallest absolute Gasteiger partial charge is 0.254 e. The predicted octanol–water partition coefficient (Wildman–Crippen LogP) is 1.49. The molecule has 0 bridgehead atoms. The maximum Gasteiger partial charge on any atom is 0.254 e. The fourth-order valence-electron chi connectivity index (χ4n) is 3.17. The molecule has 1 saturated heterocycles. The van der Waals surface area contributed by atoms with Crippen LogP contribution in [0.4, 0.5) is 0 Å². The van der Waals surface area contributed by atoms with Gasteiger partial charge in [-0.05, 0) is 30.7 Å². The van der Waals surface area contributed by atoms with Gasteiger partial charge in [-0.25, -0.2) is 22.7 Å². The van der Waals surface area contributed by atoms with Gasteiger partial charge < -0.3 is 5.32 Å². The number of aryl methyl sites for hydroxylation is 1. The number of sulfonamides is 1. The Kier molecular flexibility index (Phi) is 6.52. The number of carbonyl (C=O) groups excluding carboxylic acids is 1. The number of benzene rings is 1. The molecule has 0 atom stereocenters. The van der Waals surface area contributed by atoms with E-state index in [-0.39, 0.29) is 17.6 Å². The molecule has 1 aliphatic heterocycles. The van der Waals surface area contributed by atoms with Crippen LogP contribution < -0.4 is 5.32 Å². The normalized spacial score (nSPS) is 16.1. The molecule has 7 nitrogen and oxygen atoms in total. The van der Waals surface area contributed by atoms with Crippen molar-refractivity contribution >= 4 is 15.9 Å². The van der Waals surface area contributed by atoms with Crippen LogP contribution in [0.2, 0.25) is 0 Å². The van der Waals surface area contributed by atoms with E-state index in [9.17, 15) is 13.2 Å². The van der Waals surface area contributed by atoms with Crippen LogP contribution in [0.5, 0.6) is 0 Å². The number of rotatable bonds is 7. The zero-order valence-corrected chi connectivity index (χ0v) is 15.9. The molecule has 1 amide bonds. The molecule has 144 valence electrons. The highest BCUT2D eigenvalue weighted by Gasteiger charge is 2.27. The average Bonchev–Trinajstić information content (AvgIpc) is 2.72. The monoisotopic (exact) mass is 388 g/mol. The number of nitrogens with one attached hydrogen (secondary N) is 1. The Labute approximate surface area is 159 Å². The largest absolute Gasteiger partial charge is 0.352 e. The molecule has 1 aliphatic rings. The van der Waals surface area contributed by atoms with Crippen molar-refractivity contribution in [2.75, 3.05) is 25.4 Å². The van der Waals surface area contributed by atoms with Crippen LogP contribution in [0.15, 0.2) is 49.1 Å². The van der Waals surface area contributed by atoms with Crippen LogP contribution in [0.25, 0.3) is 0 Å². The summed E-state index contributed by atoms with van der Waals surface area (Å²) < 4.78 is 26.7. The SMILES string of the molecule is O=C(NCC1CCN(S(=O)(=O)CCc2ccccc2)CC1)c1cncnc1. The number of hydrogen-bond acceptors (Lipinski definition) is 5. The van der Waals surface area contributed by atoms with Crippen LogP contribution in [0, 0.1) is 5.92 Å². The van der Waals surface area contributed by atoms with E-state index in [0.717, 1.165) is 18.4 Å². The zero-order valence-electron chi connectivity index (χ0n) is 15.1. The van der Waals surface area contributed by atoms with Crippen molar-refractivity contribution in [2.24, 2.45) is 5.92 Å². The first-order valence-corrected chi connectivity index (χ1v) is 10.7. The van der Waals surface area contributed by atoms with Crippen molar-refractivity contribution in [2.45, 2.75) is 19.3 Å². The average molecular weight is 388 g/mol. The van der Waals surface area contributed by atoms with Gasteiger partial charge in [-0.3, -0.25) is 4.79 Å². The molecular formula is C19H24N4O3S. The summed E-state index contributed by atoms with van der Waals surface area (Å²) in [6, 6.07) is 9.66. The Balaban J connectivity index is 1.43. The van der Waals surface area contributed by atoms with E-state index in [1.54, 1.807) is 4.31 Å². The van der Waals surface area contributed by atoms with Gasteiger partial charge in [0, 0.05) is 32.0 Å². The van der Waals surface area contributed by atoms with E-state index in [1.165, 1.54) is 18.7 Å². The Morgan fingerprint density at radius 2 is 1.78 bits per heavy atom.